The fourth-order valence-electron chi connectivity index (χ4n) is 2.77. The van der Waals surface area contributed by atoms with Crippen molar-refractivity contribution < 1.29 is 4.79 Å². The number of carbonyl (C=O) groups excluding carboxylic acids is 1. The second-order valence-corrected chi connectivity index (χ2v) is 5.34. The third kappa shape index (κ3) is 3.00. The molecule has 0 radical (unpaired) electrons. The van der Waals surface area contributed by atoms with Crippen molar-refractivity contribution >= 4 is 5.91 Å². The predicted octanol–water partition coefficient (Wildman–Crippen LogP) is 2.96. The molecule has 0 aromatic rings. The molecule has 0 bridgehead atoms. The van der Waals surface area contributed by atoms with Gasteiger partial charge in [0.1, 0.15) is 5.41 Å². The van der Waals surface area contributed by atoms with Crippen LogP contribution in [0.4, 0.5) is 0 Å². The minimum atomic E-state index is -0.756. The van der Waals surface area contributed by atoms with Crippen LogP contribution in [0.2, 0.25) is 0 Å². The van der Waals surface area contributed by atoms with E-state index in [0.717, 1.165) is 32.4 Å². The first-order chi connectivity index (χ1) is 8.09. The number of nitrogens with zero attached hydrogens (tertiary/aromatic N) is 2. The molecule has 1 rings (SSSR count). The lowest BCUT2D eigenvalue weighted by atomic mass is 9.79. The molecule has 0 aromatic carbocycles. The fourth-order valence-corrected chi connectivity index (χ4v) is 2.77. The van der Waals surface area contributed by atoms with Crippen LogP contribution in [0.3, 0.4) is 0 Å². The van der Waals surface area contributed by atoms with Gasteiger partial charge in [-0.2, -0.15) is 5.26 Å². The quantitative estimate of drug-likeness (QED) is 0.736. The van der Waals surface area contributed by atoms with Gasteiger partial charge in [0.2, 0.25) is 5.91 Å². The largest absolute Gasteiger partial charge is 0.341 e. The predicted molar refractivity (Wildman–Crippen MR) is 68.2 cm³/mol. The van der Waals surface area contributed by atoms with E-state index in [4.69, 9.17) is 0 Å². The highest BCUT2D eigenvalue weighted by atomic mass is 16.2. The SMILES string of the molecule is CCCC(C#N)(CCC)C(=O)N1CCC(C)C1. The summed E-state index contributed by atoms with van der Waals surface area (Å²) in [6.45, 7) is 7.91. The van der Waals surface area contributed by atoms with Gasteiger partial charge in [-0.1, -0.05) is 33.6 Å². The van der Waals surface area contributed by atoms with Crippen molar-refractivity contribution in [3.63, 3.8) is 0 Å². The van der Waals surface area contributed by atoms with Crippen LogP contribution in [-0.2, 0) is 4.79 Å². The maximum absolute atomic E-state index is 12.5. The average molecular weight is 236 g/mol. The number of rotatable bonds is 5. The van der Waals surface area contributed by atoms with Crippen LogP contribution in [0.5, 0.6) is 0 Å². The van der Waals surface area contributed by atoms with E-state index in [1.54, 1.807) is 0 Å². The monoisotopic (exact) mass is 236 g/mol. The zero-order chi connectivity index (χ0) is 12.9. The van der Waals surface area contributed by atoms with E-state index in [1.807, 2.05) is 18.7 Å². The first-order valence-corrected chi connectivity index (χ1v) is 6.80. The second-order valence-electron chi connectivity index (χ2n) is 5.34. The summed E-state index contributed by atoms with van der Waals surface area (Å²) < 4.78 is 0. The van der Waals surface area contributed by atoms with Gasteiger partial charge in [-0.25, -0.2) is 0 Å². The summed E-state index contributed by atoms with van der Waals surface area (Å²) in [5, 5.41) is 9.44. The molecule has 1 amide bonds. The third-order valence-corrected chi connectivity index (χ3v) is 3.69. The van der Waals surface area contributed by atoms with Crippen LogP contribution in [0.25, 0.3) is 0 Å². The molecule has 0 aromatic heterocycles. The van der Waals surface area contributed by atoms with Gasteiger partial charge in [-0.15, -0.1) is 0 Å². The third-order valence-electron chi connectivity index (χ3n) is 3.69. The Morgan fingerprint density at radius 2 is 2.00 bits per heavy atom. The van der Waals surface area contributed by atoms with Crippen molar-refractivity contribution in [3.8, 4) is 6.07 Å². The smallest absolute Gasteiger partial charge is 0.243 e. The molecular formula is C14H24N2O. The molecule has 1 aliphatic heterocycles. The lowest BCUT2D eigenvalue weighted by Crippen LogP contribution is -2.42. The van der Waals surface area contributed by atoms with Crippen LogP contribution in [0, 0.1) is 22.7 Å². The van der Waals surface area contributed by atoms with Crippen molar-refractivity contribution in [2.24, 2.45) is 11.3 Å². The highest BCUT2D eigenvalue weighted by Gasteiger charge is 2.41. The van der Waals surface area contributed by atoms with Gasteiger partial charge in [-0.05, 0) is 25.2 Å². The highest BCUT2D eigenvalue weighted by molar-refractivity contribution is 5.85. The van der Waals surface area contributed by atoms with E-state index in [9.17, 15) is 10.1 Å². The number of hydrogen-bond acceptors (Lipinski definition) is 2. The van der Waals surface area contributed by atoms with E-state index in [2.05, 4.69) is 13.0 Å². The zero-order valence-electron chi connectivity index (χ0n) is 11.3. The molecule has 3 nitrogen and oxygen atoms in total. The van der Waals surface area contributed by atoms with Gasteiger partial charge in [0.15, 0.2) is 0 Å². The van der Waals surface area contributed by atoms with Gasteiger partial charge in [-0.3, -0.25) is 4.79 Å². The van der Waals surface area contributed by atoms with Gasteiger partial charge in [0.05, 0.1) is 6.07 Å². The molecular weight excluding hydrogens is 212 g/mol. The number of nitriles is 1. The van der Waals surface area contributed by atoms with Crippen molar-refractivity contribution in [1.82, 2.24) is 4.90 Å². The van der Waals surface area contributed by atoms with Crippen molar-refractivity contribution in [2.45, 2.75) is 52.9 Å². The molecule has 1 fully saturated rings. The minimum Gasteiger partial charge on any atom is -0.341 e. The summed E-state index contributed by atoms with van der Waals surface area (Å²) in [6, 6.07) is 2.32. The Balaban J connectivity index is 2.82. The summed E-state index contributed by atoms with van der Waals surface area (Å²) in [7, 11) is 0. The molecule has 0 N–H and O–H groups in total. The standard InChI is InChI=1S/C14H24N2O/c1-4-7-14(11-15,8-5-2)13(17)16-9-6-12(3)10-16/h12H,4-10H2,1-3H3. The summed E-state index contributed by atoms with van der Waals surface area (Å²) in [5.74, 6) is 0.659. The molecule has 3 heteroatoms. The van der Waals surface area contributed by atoms with Crippen molar-refractivity contribution in [1.29, 1.82) is 5.26 Å². The Bertz CT molecular complexity index is 300. The Hall–Kier alpha value is -1.04. The topological polar surface area (TPSA) is 44.1 Å². The lowest BCUT2D eigenvalue weighted by Gasteiger charge is -2.29. The summed E-state index contributed by atoms with van der Waals surface area (Å²) >= 11 is 0. The molecule has 0 saturated carbocycles. The number of carbonyl (C=O) groups is 1. The molecule has 1 saturated heterocycles. The highest BCUT2D eigenvalue weighted by Crippen LogP contribution is 2.33. The zero-order valence-corrected chi connectivity index (χ0v) is 11.3. The maximum Gasteiger partial charge on any atom is 0.243 e. The van der Waals surface area contributed by atoms with E-state index in [1.165, 1.54) is 0 Å². The van der Waals surface area contributed by atoms with Gasteiger partial charge >= 0.3 is 0 Å². The molecule has 96 valence electrons. The average Bonchev–Trinajstić information content (AvgIpc) is 2.74. The Morgan fingerprint density at radius 1 is 1.41 bits per heavy atom. The van der Waals surface area contributed by atoms with Gasteiger partial charge in [0, 0.05) is 13.1 Å². The molecule has 1 atom stereocenters. The van der Waals surface area contributed by atoms with E-state index in [0.29, 0.717) is 18.8 Å². The van der Waals surface area contributed by atoms with E-state index >= 15 is 0 Å². The minimum absolute atomic E-state index is 0.0769. The van der Waals surface area contributed by atoms with E-state index < -0.39 is 5.41 Å². The molecule has 0 aliphatic carbocycles. The number of hydrogen-bond donors (Lipinski definition) is 0. The fraction of sp³-hybridized carbons (Fsp3) is 0.857. The summed E-state index contributed by atoms with van der Waals surface area (Å²) in [6.07, 6.45) is 4.25. The molecule has 0 spiro atoms. The van der Waals surface area contributed by atoms with Crippen LogP contribution < -0.4 is 0 Å². The second kappa shape index (κ2) is 6.05. The van der Waals surface area contributed by atoms with Crippen molar-refractivity contribution in [3.05, 3.63) is 0 Å². The maximum atomic E-state index is 12.5. The number of likely N-dealkylation sites (tertiary alicyclic amines) is 1. The lowest BCUT2D eigenvalue weighted by molar-refractivity contribution is -0.138. The molecule has 1 aliphatic rings. The van der Waals surface area contributed by atoms with Crippen LogP contribution in [-0.4, -0.2) is 23.9 Å². The van der Waals surface area contributed by atoms with Crippen LogP contribution in [0.15, 0.2) is 0 Å². The van der Waals surface area contributed by atoms with Crippen molar-refractivity contribution in [2.75, 3.05) is 13.1 Å². The van der Waals surface area contributed by atoms with Crippen LogP contribution >= 0.6 is 0 Å². The van der Waals surface area contributed by atoms with E-state index in [-0.39, 0.29) is 5.91 Å². The normalized spacial score (nSPS) is 20.4. The first-order valence-electron chi connectivity index (χ1n) is 6.80. The summed E-state index contributed by atoms with van der Waals surface area (Å²) in [4.78, 5) is 14.4. The molecule has 1 unspecified atom stereocenters. The van der Waals surface area contributed by atoms with Crippen LogP contribution in [0.1, 0.15) is 52.9 Å². The molecule has 17 heavy (non-hydrogen) atoms. The Kier molecular flexibility index (Phi) is 4.99. The first kappa shape index (κ1) is 14.0. The van der Waals surface area contributed by atoms with Gasteiger partial charge in [0.25, 0.3) is 0 Å². The number of amides is 1. The Morgan fingerprint density at radius 3 is 2.35 bits per heavy atom. The Labute approximate surface area is 105 Å². The molecule has 1 heterocycles. The van der Waals surface area contributed by atoms with Gasteiger partial charge < -0.3 is 4.90 Å². The summed E-state index contributed by atoms with van der Waals surface area (Å²) in [5.41, 5.74) is -0.756.